The van der Waals surface area contributed by atoms with Crippen LogP contribution in [0, 0.1) is 5.92 Å². The van der Waals surface area contributed by atoms with E-state index in [1.54, 1.807) is 6.07 Å². The van der Waals surface area contributed by atoms with E-state index >= 15 is 0 Å². The lowest BCUT2D eigenvalue weighted by Crippen LogP contribution is -2.15. The van der Waals surface area contributed by atoms with E-state index in [2.05, 4.69) is 40.4 Å². The molecule has 144 valence electrons. The number of anilines is 3. The second-order valence-corrected chi connectivity index (χ2v) is 7.78. The van der Waals surface area contributed by atoms with Crippen LogP contribution in [0.2, 0.25) is 0 Å². The van der Waals surface area contributed by atoms with Gasteiger partial charge in [0.1, 0.15) is 5.75 Å². The van der Waals surface area contributed by atoms with Crippen LogP contribution in [0.5, 0.6) is 5.75 Å². The van der Waals surface area contributed by atoms with Crippen LogP contribution in [0.1, 0.15) is 24.2 Å². The van der Waals surface area contributed by atoms with Gasteiger partial charge < -0.3 is 15.4 Å². The van der Waals surface area contributed by atoms with E-state index in [-0.39, 0.29) is 5.91 Å². The Kier molecular flexibility index (Phi) is 6.71. The summed E-state index contributed by atoms with van der Waals surface area (Å²) in [6.45, 7) is 4.70. The molecule has 2 N–H and O–H groups in total. The van der Waals surface area contributed by atoms with Gasteiger partial charge in [0.15, 0.2) is 0 Å². The molecule has 0 saturated heterocycles. The summed E-state index contributed by atoms with van der Waals surface area (Å²) < 4.78 is 6.64. The summed E-state index contributed by atoms with van der Waals surface area (Å²) >= 11 is 3.43. The van der Waals surface area contributed by atoms with E-state index in [1.807, 2.05) is 66.7 Å². The summed E-state index contributed by atoms with van der Waals surface area (Å²) in [5.74, 6) is 0.754. The zero-order valence-corrected chi connectivity index (χ0v) is 17.5. The summed E-state index contributed by atoms with van der Waals surface area (Å²) in [7, 11) is 0. The van der Waals surface area contributed by atoms with Gasteiger partial charge in [-0.2, -0.15) is 0 Å². The summed E-state index contributed by atoms with van der Waals surface area (Å²) in [5, 5.41) is 6.26. The third-order valence-corrected chi connectivity index (χ3v) is 4.46. The van der Waals surface area contributed by atoms with Gasteiger partial charge in [-0.1, -0.05) is 48.0 Å². The molecule has 5 heteroatoms. The molecule has 0 radical (unpaired) electrons. The first-order valence-electron chi connectivity index (χ1n) is 9.17. The van der Waals surface area contributed by atoms with Crippen molar-refractivity contribution in [2.24, 2.45) is 5.92 Å². The average molecular weight is 439 g/mol. The molecule has 0 fully saturated rings. The van der Waals surface area contributed by atoms with E-state index in [4.69, 9.17) is 4.74 Å². The molecule has 0 unspecified atom stereocenters. The maximum absolute atomic E-state index is 12.8. The standard InChI is InChI=1S/C23H23BrN2O2/c1-16(2)15-28-22-13-8-17(24)14-21(22)23(27)26-20-11-9-19(10-12-20)25-18-6-4-3-5-7-18/h3-14,16,25H,15H2,1-2H3,(H,26,27). The smallest absolute Gasteiger partial charge is 0.259 e. The predicted molar refractivity (Wildman–Crippen MR) is 119 cm³/mol. The van der Waals surface area contributed by atoms with Gasteiger partial charge in [-0.25, -0.2) is 0 Å². The maximum Gasteiger partial charge on any atom is 0.259 e. The molecule has 0 saturated carbocycles. The molecule has 3 aromatic carbocycles. The van der Waals surface area contributed by atoms with Crippen LogP contribution in [0.15, 0.2) is 77.3 Å². The number of carbonyl (C=O) groups is 1. The van der Waals surface area contributed by atoms with Gasteiger partial charge in [-0.05, 0) is 60.5 Å². The second kappa shape index (κ2) is 9.42. The Morgan fingerprint density at radius 2 is 1.57 bits per heavy atom. The van der Waals surface area contributed by atoms with Crippen LogP contribution < -0.4 is 15.4 Å². The van der Waals surface area contributed by atoms with Crippen molar-refractivity contribution in [3.8, 4) is 5.75 Å². The van der Waals surface area contributed by atoms with Crippen LogP contribution >= 0.6 is 15.9 Å². The Morgan fingerprint density at radius 3 is 2.25 bits per heavy atom. The minimum absolute atomic E-state index is 0.205. The third-order valence-electron chi connectivity index (χ3n) is 3.96. The van der Waals surface area contributed by atoms with Crippen LogP contribution in [-0.4, -0.2) is 12.5 Å². The molecule has 0 aliphatic rings. The van der Waals surface area contributed by atoms with E-state index in [9.17, 15) is 4.79 Å². The fourth-order valence-corrected chi connectivity index (χ4v) is 2.95. The van der Waals surface area contributed by atoms with E-state index in [0.717, 1.165) is 21.5 Å². The Bertz CT molecular complexity index is 925. The van der Waals surface area contributed by atoms with Crippen molar-refractivity contribution < 1.29 is 9.53 Å². The van der Waals surface area contributed by atoms with E-state index in [0.29, 0.717) is 23.8 Å². The van der Waals surface area contributed by atoms with Gasteiger partial charge >= 0.3 is 0 Å². The number of carbonyl (C=O) groups excluding carboxylic acids is 1. The summed E-state index contributed by atoms with van der Waals surface area (Å²) in [5.41, 5.74) is 3.19. The summed E-state index contributed by atoms with van der Waals surface area (Å²) in [6.07, 6.45) is 0. The normalized spacial score (nSPS) is 10.6. The highest BCUT2D eigenvalue weighted by Crippen LogP contribution is 2.25. The molecule has 3 rings (SSSR count). The van der Waals surface area contributed by atoms with Crippen LogP contribution in [-0.2, 0) is 0 Å². The third kappa shape index (κ3) is 5.60. The lowest BCUT2D eigenvalue weighted by atomic mass is 10.1. The van der Waals surface area contributed by atoms with E-state index in [1.165, 1.54) is 0 Å². The zero-order valence-electron chi connectivity index (χ0n) is 15.9. The average Bonchev–Trinajstić information content (AvgIpc) is 2.69. The lowest BCUT2D eigenvalue weighted by molar-refractivity contribution is 0.102. The van der Waals surface area contributed by atoms with Crippen molar-refractivity contribution in [1.82, 2.24) is 0 Å². The van der Waals surface area contributed by atoms with Crippen LogP contribution in [0.4, 0.5) is 17.1 Å². The second-order valence-electron chi connectivity index (χ2n) is 6.87. The van der Waals surface area contributed by atoms with Gasteiger partial charge in [-0.15, -0.1) is 0 Å². The SMILES string of the molecule is CC(C)COc1ccc(Br)cc1C(=O)Nc1ccc(Nc2ccccc2)cc1. The Hall–Kier alpha value is -2.79. The number of hydrogen-bond acceptors (Lipinski definition) is 3. The fraction of sp³-hybridized carbons (Fsp3) is 0.174. The molecule has 3 aromatic rings. The van der Waals surface area contributed by atoms with Crippen LogP contribution in [0.25, 0.3) is 0 Å². The molecule has 0 bridgehead atoms. The number of para-hydroxylation sites is 1. The van der Waals surface area contributed by atoms with Crippen molar-refractivity contribution in [1.29, 1.82) is 0 Å². The number of amides is 1. The highest BCUT2D eigenvalue weighted by atomic mass is 79.9. The van der Waals surface area contributed by atoms with Crippen molar-refractivity contribution in [3.63, 3.8) is 0 Å². The first-order chi connectivity index (χ1) is 13.5. The minimum atomic E-state index is -0.205. The van der Waals surface area contributed by atoms with Gasteiger partial charge in [0, 0.05) is 21.5 Å². The van der Waals surface area contributed by atoms with Gasteiger partial charge in [-0.3, -0.25) is 4.79 Å². The topological polar surface area (TPSA) is 50.4 Å². The molecule has 0 aromatic heterocycles. The van der Waals surface area contributed by atoms with Gasteiger partial charge in [0.2, 0.25) is 0 Å². The molecule has 0 heterocycles. The van der Waals surface area contributed by atoms with Crippen molar-refractivity contribution in [2.45, 2.75) is 13.8 Å². The largest absolute Gasteiger partial charge is 0.492 e. The minimum Gasteiger partial charge on any atom is -0.492 e. The lowest BCUT2D eigenvalue weighted by Gasteiger charge is -2.14. The molecule has 0 spiro atoms. The highest BCUT2D eigenvalue weighted by Gasteiger charge is 2.14. The first-order valence-corrected chi connectivity index (χ1v) is 9.96. The number of halogens is 1. The number of nitrogens with one attached hydrogen (secondary N) is 2. The molecule has 28 heavy (non-hydrogen) atoms. The van der Waals surface area contributed by atoms with Crippen molar-refractivity contribution in [3.05, 3.63) is 82.8 Å². The fourth-order valence-electron chi connectivity index (χ4n) is 2.59. The Morgan fingerprint density at radius 1 is 0.929 bits per heavy atom. The number of hydrogen-bond donors (Lipinski definition) is 2. The molecular formula is C23H23BrN2O2. The Balaban J connectivity index is 1.70. The zero-order chi connectivity index (χ0) is 19.9. The molecular weight excluding hydrogens is 416 g/mol. The molecule has 1 amide bonds. The highest BCUT2D eigenvalue weighted by molar-refractivity contribution is 9.10. The van der Waals surface area contributed by atoms with E-state index < -0.39 is 0 Å². The molecule has 0 atom stereocenters. The van der Waals surface area contributed by atoms with Crippen LogP contribution in [0.3, 0.4) is 0 Å². The molecule has 0 aliphatic heterocycles. The summed E-state index contributed by atoms with van der Waals surface area (Å²) in [6, 6.07) is 23.0. The van der Waals surface area contributed by atoms with Crippen molar-refractivity contribution >= 4 is 38.9 Å². The Labute approximate surface area is 174 Å². The number of rotatable bonds is 7. The number of ether oxygens (including phenoxy) is 1. The van der Waals surface area contributed by atoms with Crippen molar-refractivity contribution in [2.75, 3.05) is 17.2 Å². The summed E-state index contributed by atoms with van der Waals surface area (Å²) in [4.78, 5) is 12.8. The predicted octanol–water partition coefficient (Wildman–Crippen LogP) is 6.48. The quantitative estimate of drug-likeness (QED) is 0.443. The monoisotopic (exact) mass is 438 g/mol. The maximum atomic E-state index is 12.8. The van der Waals surface area contributed by atoms with Gasteiger partial charge in [0.05, 0.1) is 12.2 Å². The van der Waals surface area contributed by atoms with Gasteiger partial charge in [0.25, 0.3) is 5.91 Å². The molecule has 0 aliphatic carbocycles. The first kappa shape index (κ1) is 20.0. The number of benzene rings is 3. The molecule has 4 nitrogen and oxygen atoms in total.